The number of benzene rings is 12. The number of hydrogen-bond donors (Lipinski definition) is 0. The van der Waals surface area contributed by atoms with E-state index in [1.165, 1.54) is 123 Å². The Morgan fingerprint density at radius 1 is 0.144 bits per heavy atom. The Balaban J connectivity index is 0.823. The van der Waals surface area contributed by atoms with E-state index in [1.54, 1.807) is 0 Å². The van der Waals surface area contributed by atoms with Crippen molar-refractivity contribution in [1.82, 2.24) is 0 Å². The van der Waals surface area contributed by atoms with Gasteiger partial charge in [-0.25, -0.2) is 0 Å². The smallest absolute Gasteiger partial charge is 0.0520 e. The predicted octanol–water partition coefficient (Wildman–Crippen LogP) is 24.9. The zero-order valence-electron chi connectivity index (χ0n) is 54.9. The largest absolute Gasteiger partial charge is 0.310 e. The van der Waals surface area contributed by atoms with Crippen LogP contribution in [0, 0.1) is 96.9 Å². The van der Waals surface area contributed by atoms with Gasteiger partial charge < -0.3 is 19.6 Å². The van der Waals surface area contributed by atoms with Crippen molar-refractivity contribution in [3.8, 4) is 33.4 Å². The molecule has 0 radical (unpaired) electrons. The van der Waals surface area contributed by atoms with Crippen LogP contribution in [0.25, 0.3) is 33.4 Å². The lowest BCUT2D eigenvalue weighted by Crippen LogP contribution is -2.13. The molecule has 0 saturated heterocycles. The van der Waals surface area contributed by atoms with Crippen molar-refractivity contribution in [1.29, 1.82) is 0 Å². The minimum Gasteiger partial charge on any atom is -0.310 e. The molecule has 0 aliphatic carbocycles. The molecule has 12 aromatic rings. The van der Waals surface area contributed by atoms with Crippen LogP contribution in [0.15, 0.2) is 243 Å². The van der Waals surface area contributed by atoms with Gasteiger partial charge in [-0.2, -0.15) is 0 Å². The summed E-state index contributed by atoms with van der Waals surface area (Å²) in [7, 11) is 0. The van der Waals surface area contributed by atoms with Gasteiger partial charge in [0, 0.05) is 45.5 Å². The summed E-state index contributed by atoms with van der Waals surface area (Å²) in [5.41, 5.74) is 38.4. The van der Waals surface area contributed by atoms with Crippen LogP contribution in [0.1, 0.15) is 77.9 Å². The van der Waals surface area contributed by atoms with Crippen LogP contribution in [0.3, 0.4) is 0 Å². The molecule has 0 saturated carbocycles. The van der Waals surface area contributed by atoms with Gasteiger partial charge in [-0.05, 0) is 272 Å². The van der Waals surface area contributed by atoms with E-state index >= 15 is 0 Å². The molecule has 12 rings (SSSR count). The molecule has 0 aliphatic heterocycles. The number of anilines is 12. The lowest BCUT2D eigenvalue weighted by Gasteiger charge is -2.30. The highest BCUT2D eigenvalue weighted by molar-refractivity contribution is 5.88. The SMILES string of the molecule is Cc1ccc(N(c2ccc(-c3ccc(N(c4ccc(-c5ccc(N(c6ccc(-c7ccc(N(c8ccc(C)cc8)c8c(C)cc(C)cc8C)cc7)cc6)c6c(C)cc(C)cc6C)cc5)cc4)c4c(C)cc(C)cc4C)cc3)cc2)c2c(C)cc(C)cc2C)cc1. The first-order chi connectivity index (χ1) is 43.3. The summed E-state index contributed by atoms with van der Waals surface area (Å²) in [6.07, 6.45) is 0. The van der Waals surface area contributed by atoms with E-state index in [-0.39, 0.29) is 0 Å². The van der Waals surface area contributed by atoms with Crippen molar-refractivity contribution in [3.05, 3.63) is 321 Å². The fourth-order valence-electron chi connectivity index (χ4n) is 13.9. The van der Waals surface area contributed by atoms with E-state index in [2.05, 4.69) is 359 Å². The number of hydrogen-bond acceptors (Lipinski definition) is 4. The highest BCUT2D eigenvalue weighted by Crippen LogP contribution is 2.46. The molecule has 0 fully saturated rings. The van der Waals surface area contributed by atoms with Crippen LogP contribution in [0.5, 0.6) is 0 Å². The first-order valence-electron chi connectivity index (χ1n) is 31.6. The molecule has 0 aromatic heterocycles. The van der Waals surface area contributed by atoms with Gasteiger partial charge in [0.25, 0.3) is 0 Å². The molecule has 0 aliphatic rings. The van der Waals surface area contributed by atoms with E-state index in [0.717, 1.165) is 56.6 Å². The van der Waals surface area contributed by atoms with Crippen LogP contribution in [0.4, 0.5) is 68.2 Å². The summed E-state index contributed by atoms with van der Waals surface area (Å²) in [4.78, 5) is 9.65. The quantitative estimate of drug-likeness (QED) is 0.101. The first kappa shape index (κ1) is 60.1. The summed E-state index contributed by atoms with van der Waals surface area (Å²) in [5, 5.41) is 0. The fourth-order valence-corrected chi connectivity index (χ4v) is 13.9. The van der Waals surface area contributed by atoms with Gasteiger partial charge >= 0.3 is 0 Å². The second-order valence-electron chi connectivity index (χ2n) is 25.3. The zero-order chi connectivity index (χ0) is 63.1. The summed E-state index contributed by atoms with van der Waals surface area (Å²) in [5.74, 6) is 0. The van der Waals surface area contributed by atoms with Crippen molar-refractivity contribution in [2.75, 3.05) is 19.6 Å². The predicted molar refractivity (Wildman–Crippen MR) is 388 cm³/mol. The lowest BCUT2D eigenvalue weighted by atomic mass is 9.99. The highest BCUT2D eigenvalue weighted by Gasteiger charge is 2.23. The fraction of sp³-hybridized carbons (Fsp3) is 0.163. The van der Waals surface area contributed by atoms with Crippen molar-refractivity contribution < 1.29 is 0 Å². The van der Waals surface area contributed by atoms with E-state index in [9.17, 15) is 0 Å². The third-order valence-corrected chi connectivity index (χ3v) is 17.8. The molecule has 90 heavy (non-hydrogen) atoms. The molecular formula is C86H82N4. The zero-order valence-corrected chi connectivity index (χ0v) is 54.9. The minimum absolute atomic E-state index is 1.10. The molecule has 4 nitrogen and oxygen atoms in total. The molecule has 0 unspecified atom stereocenters. The van der Waals surface area contributed by atoms with Crippen LogP contribution < -0.4 is 19.6 Å². The van der Waals surface area contributed by atoms with Gasteiger partial charge in [-0.3, -0.25) is 0 Å². The lowest BCUT2D eigenvalue weighted by molar-refractivity contribution is 1.20. The standard InChI is InChI=1S/C86H82N4/c1-55-15-31-75(32-16-55)87(83-61(7)47-57(3)48-62(83)8)77-35-19-69(20-36-77)71-23-39-79(40-24-71)89(85-65(11)51-59(5)52-66(85)12)81-43-27-73(28-44-81)74-29-45-82(46-30-74)90(86-67(13)53-60(6)54-68(86)14)80-41-25-72(26-42-80)70-21-37-78(38-22-70)88(76-33-17-56(2)18-34-76)84-63(9)49-58(4)50-64(84)10/h15-54H,1-14H3. The van der Waals surface area contributed by atoms with Crippen molar-refractivity contribution in [2.24, 2.45) is 0 Å². The normalized spacial score (nSPS) is 11.2. The maximum Gasteiger partial charge on any atom is 0.0520 e. The Bertz CT molecular complexity index is 4170. The Morgan fingerprint density at radius 3 is 0.400 bits per heavy atom. The molecule has 0 atom stereocenters. The van der Waals surface area contributed by atoms with Gasteiger partial charge in [0.15, 0.2) is 0 Å². The van der Waals surface area contributed by atoms with Crippen molar-refractivity contribution in [3.63, 3.8) is 0 Å². The molecule has 4 heteroatoms. The Hall–Kier alpha value is -10.2. The van der Waals surface area contributed by atoms with Crippen LogP contribution in [-0.2, 0) is 0 Å². The average molecular weight is 1170 g/mol. The van der Waals surface area contributed by atoms with Crippen LogP contribution in [0.2, 0.25) is 0 Å². The third-order valence-electron chi connectivity index (χ3n) is 17.8. The van der Waals surface area contributed by atoms with E-state index in [1.807, 2.05) is 0 Å². The molecular weight excluding hydrogens is 1090 g/mol. The van der Waals surface area contributed by atoms with Gasteiger partial charge in [0.05, 0.1) is 22.7 Å². The topological polar surface area (TPSA) is 13.0 Å². The van der Waals surface area contributed by atoms with E-state index in [4.69, 9.17) is 0 Å². The molecule has 0 N–H and O–H groups in total. The Kier molecular flexibility index (Phi) is 16.8. The number of rotatable bonds is 15. The average Bonchev–Trinajstić information content (AvgIpc) is 1.08. The molecule has 0 amide bonds. The third kappa shape index (κ3) is 12.2. The summed E-state index contributed by atoms with van der Waals surface area (Å²) >= 11 is 0. The second kappa shape index (κ2) is 25.1. The van der Waals surface area contributed by atoms with Crippen LogP contribution >= 0.6 is 0 Å². The van der Waals surface area contributed by atoms with E-state index in [0.29, 0.717) is 0 Å². The molecule has 0 spiro atoms. The maximum absolute atomic E-state index is 2.42. The summed E-state index contributed by atoms with van der Waals surface area (Å²) in [6, 6.07) is 90.5. The van der Waals surface area contributed by atoms with Crippen molar-refractivity contribution in [2.45, 2.75) is 96.9 Å². The Labute approximate surface area is 535 Å². The molecule has 446 valence electrons. The number of aryl methyl sites for hydroxylation is 14. The molecule has 0 heterocycles. The van der Waals surface area contributed by atoms with Gasteiger partial charge in [0.2, 0.25) is 0 Å². The first-order valence-corrected chi connectivity index (χ1v) is 31.6. The molecule has 12 aromatic carbocycles. The van der Waals surface area contributed by atoms with E-state index < -0.39 is 0 Å². The number of nitrogens with zero attached hydrogens (tertiary/aromatic N) is 4. The molecule has 0 bridgehead atoms. The minimum atomic E-state index is 1.10. The van der Waals surface area contributed by atoms with Gasteiger partial charge in [0.1, 0.15) is 0 Å². The highest BCUT2D eigenvalue weighted by atomic mass is 15.2. The van der Waals surface area contributed by atoms with Gasteiger partial charge in [-0.1, -0.05) is 179 Å². The summed E-state index contributed by atoms with van der Waals surface area (Å²) < 4.78 is 0. The maximum atomic E-state index is 2.42. The Morgan fingerprint density at radius 2 is 0.267 bits per heavy atom. The monoisotopic (exact) mass is 1170 g/mol. The van der Waals surface area contributed by atoms with Crippen LogP contribution in [-0.4, -0.2) is 0 Å². The van der Waals surface area contributed by atoms with Crippen molar-refractivity contribution >= 4 is 68.2 Å². The second-order valence-corrected chi connectivity index (χ2v) is 25.3. The summed E-state index contributed by atoms with van der Waals surface area (Å²) in [6.45, 7) is 30.8. The van der Waals surface area contributed by atoms with Gasteiger partial charge in [-0.15, -0.1) is 0 Å².